The number of piperidine rings is 1. The maximum atomic E-state index is 12.7. The number of hydrogen-bond donors (Lipinski definition) is 1. The Bertz CT molecular complexity index is 502. The van der Waals surface area contributed by atoms with Gasteiger partial charge in [-0.25, -0.2) is 0 Å². The van der Waals surface area contributed by atoms with E-state index in [9.17, 15) is 14.7 Å². The number of methoxy groups -OCH3 is 1. The lowest BCUT2D eigenvalue weighted by Gasteiger charge is -2.39. The van der Waals surface area contributed by atoms with Gasteiger partial charge in [0.05, 0.1) is 5.92 Å². The van der Waals surface area contributed by atoms with Crippen molar-refractivity contribution in [3.8, 4) is 0 Å². The minimum Gasteiger partial charge on any atom is -0.481 e. The summed E-state index contributed by atoms with van der Waals surface area (Å²) in [4.78, 5) is 25.6. The number of nitrogens with zero attached hydrogens (tertiary/aromatic N) is 1. The Hall–Kier alpha value is -1.88. The van der Waals surface area contributed by atoms with Crippen molar-refractivity contribution in [2.24, 2.45) is 5.92 Å². The van der Waals surface area contributed by atoms with Crippen LogP contribution < -0.4 is 0 Å². The van der Waals surface area contributed by atoms with Gasteiger partial charge in [-0.15, -0.1) is 0 Å². The molecule has 1 aliphatic heterocycles. The Morgan fingerprint density at radius 2 is 2.00 bits per heavy atom. The number of carboxylic acid groups (broad SMARTS) is 1. The van der Waals surface area contributed by atoms with Crippen LogP contribution >= 0.6 is 0 Å². The molecule has 5 heteroatoms. The lowest BCUT2D eigenvalue weighted by atomic mass is 9.89. The van der Waals surface area contributed by atoms with Crippen molar-refractivity contribution in [1.29, 1.82) is 0 Å². The van der Waals surface area contributed by atoms with E-state index in [4.69, 9.17) is 4.74 Å². The molecule has 0 spiro atoms. The topological polar surface area (TPSA) is 66.8 Å². The fourth-order valence-electron chi connectivity index (χ4n) is 2.94. The standard InChI is InChI=1S/C16H21NO4/c1-11-13(16(19)20)9-6-10-17(11)15(18)14(21-2)12-7-4-3-5-8-12/h3-5,7-8,11,13-14H,6,9-10H2,1-2H3,(H,19,20)/t11-,13-,14?/m0/s1. The number of benzene rings is 1. The zero-order valence-electron chi connectivity index (χ0n) is 12.4. The highest BCUT2D eigenvalue weighted by Gasteiger charge is 2.38. The van der Waals surface area contributed by atoms with Gasteiger partial charge >= 0.3 is 5.97 Å². The third-order valence-corrected chi connectivity index (χ3v) is 4.15. The molecule has 1 amide bonds. The highest BCUT2D eigenvalue weighted by molar-refractivity contribution is 5.83. The van der Waals surface area contributed by atoms with Gasteiger partial charge in [0.1, 0.15) is 0 Å². The van der Waals surface area contributed by atoms with Gasteiger partial charge in [0.25, 0.3) is 5.91 Å². The molecule has 1 fully saturated rings. The van der Waals surface area contributed by atoms with E-state index in [1.54, 1.807) is 11.8 Å². The monoisotopic (exact) mass is 291 g/mol. The molecule has 1 aromatic carbocycles. The van der Waals surface area contributed by atoms with Crippen LogP contribution in [-0.4, -0.2) is 41.6 Å². The summed E-state index contributed by atoms with van der Waals surface area (Å²) in [7, 11) is 1.50. The van der Waals surface area contributed by atoms with Crippen LogP contribution in [0.1, 0.15) is 31.4 Å². The van der Waals surface area contributed by atoms with Crippen LogP contribution in [0.2, 0.25) is 0 Å². The zero-order chi connectivity index (χ0) is 15.4. The number of hydrogen-bond acceptors (Lipinski definition) is 3. The number of amides is 1. The van der Waals surface area contributed by atoms with Gasteiger partial charge < -0.3 is 14.7 Å². The van der Waals surface area contributed by atoms with E-state index >= 15 is 0 Å². The number of rotatable bonds is 4. The molecule has 1 aliphatic rings. The molecule has 0 saturated carbocycles. The second-order valence-electron chi connectivity index (χ2n) is 5.39. The molecule has 3 atom stereocenters. The van der Waals surface area contributed by atoms with Gasteiger partial charge in [0, 0.05) is 19.7 Å². The highest BCUT2D eigenvalue weighted by atomic mass is 16.5. The quantitative estimate of drug-likeness (QED) is 0.922. The molecule has 1 saturated heterocycles. The SMILES string of the molecule is COC(C(=O)N1CCC[C@H](C(=O)O)[C@@H]1C)c1ccccc1. The summed E-state index contributed by atoms with van der Waals surface area (Å²) in [5.41, 5.74) is 0.787. The first-order chi connectivity index (χ1) is 10.1. The van der Waals surface area contributed by atoms with Gasteiger partial charge in [0.2, 0.25) is 0 Å². The number of ether oxygens (including phenoxy) is 1. The van der Waals surface area contributed by atoms with Gasteiger partial charge in [0.15, 0.2) is 6.10 Å². The van der Waals surface area contributed by atoms with Crippen LogP contribution in [-0.2, 0) is 14.3 Å². The Kier molecular flexibility index (Phi) is 4.96. The summed E-state index contributed by atoms with van der Waals surface area (Å²) in [6.45, 7) is 2.38. The summed E-state index contributed by atoms with van der Waals surface area (Å²) in [5, 5.41) is 9.25. The fourth-order valence-corrected chi connectivity index (χ4v) is 2.94. The molecule has 0 aromatic heterocycles. The lowest BCUT2D eigenvalue weighted by Crippen LogP contribution is -2.50. The molecule has 1 heterocycles. The Morgan fingerprint density at radius 3 is 2.57 bits per heavy atom. The average molecular weight is 291 g/mol. The van der Waals surface area contributed by atoms with Crippen molar-refractivity contribution < 1.29 is 19.4 Å². The van der Waals surface area contributed by atoms with Gasteiger partial charge in [-0.3, -0.25) is 9.59 Å². The summed E-state index contributed by atoms with van der Waals surface area (Å²) in [6.07, 6.45) is 0.642. The predicted molar refractivity (Wildman–Crippen MR) is 77.7 cm³/mol. The second-order valence-corrected chi connectivity index (χ2v) is 5.39. The van der Waals surface area contributed by atoms with E-state index in [0.717, 1.165) is 5.56 Å². The normalized spacial score (nSPS) is 23.6. The molecule has 5 nitrogen and oxygen atoms in total. The lowest BCUT2D eigenvalue weighted by molar-refractivity contribution is -0.153. The molecule has 1 N–H and O–H groups in total. The largest absolute Gasteiger partial charge is 0.481 e. The predicted octanol–water partition coefficient (Wildman–Crippen LogP) is 2.09. The molecule has 0 aliphatic carbocycles. The third-order valence-electron chi connectivity index (χ3n) is 4.15. The first-order valence-electron chi connectivity index (χ1n) is 7.17. The molecule has 21 heavy (non-hydrogen) atoms. The number of carbonyl (C=O) groups excluding carboxylic acids is 1. The van der Waals surface area contributed by atoms with E-state index in [-0.39, 0.29) is 11.9 Å². The van der Waals surface area contributed by atoms with E-state index in [1.807, 2.05) is 30.3 Å². The fraction of sp³-hybridized carbons (Fsp3) is 0.500. The smallest absolute Gasteiger partial charge is 0.308 e. The van der Waals surface area contributed by atoms with Gasteiger partial charge in [-0.1, -0.05) is 30.3 Å². The van der Waals surface area contributed by atoms with Crippen molar-refractivity contribution >= 4 is 11.9 Å². The summed E-state index contributed by atoms with van der Waals surface area (Å²) >= 11 is 0. The van der Waals surface area contributed by atoms with Crippen molar-refractivity contribution in [2.45, 2.75) is 31.9 Å². The van der Waals surface area contributed by atoms with E-state index in [1.165, 1.54) is 7.11 Å². The van der Waals surface area contributed by atoms with E-state index < -0.39 is 18.0 Å². The average Bonchev–Trinajstić information content (AvgIpc) is 2.49. The highest BCUT2D eigenvalue weighted by Crippen LogP contribution is 2.28. The van der Waals surface area contributed by atoms with Crippen LogP contribution in [0.4, 0.5) is 0 Å². The summed E-state index contributed by atoms with van der Waals surface area (Å²) < 4.78 is 5.36. The minimum absolute atomic E-state index is 0.165. The molecule has 0 radical (unpaired) electrons. The molecular weight excluding hydrogens is 270 g/mol. The zero-order valence-corrected chi connectivity index (χ0v) is 12.4. The third kappa shape index (κ3) is 3.24. The summed E-state index contributed by atoms with van der Waals surface area (Å²) in [6, 6.07) is 8.96. The van der Waals surface area contributed by atoms with Gasteiger partial charge in [-0.05, 0) is 25.3 Å². The number of likely N-dealkylation sites (tertiary alicyclic amines) is 1. The van der Waals surface area contributed by atoms with Crippen LogP contribution in [0.3, 0.4) is 0 Å². The second kappa shape index (κ2) is 6.72. The Morgan fingerprint density at radius 1 is 1.33 bits per heavy atom. The number of aliphatic carboxylic acids is 1. The molecular formula is C16H21NO4. The van der Waals surface area contributed by atoms with Crippen LogP contribution in [0.15, 0.2) is 30.3 Å². The van der Waals surface area contributed by atoms with Crippen molar-refractivity contribution in [2.75, 3.05) is 13.7 Å². The van der Waals surface area contributed by atoms with Crippen molar-refractivity contribution in [3.05, 3.63) is 35.9 Å². The molecule has 2 rings (SSSR count). The van der Waals surface area contributed by atoms with Crippen LogP contribution in [0.25, 0.3) is 0 Å². The van der Waals surface area contributed by atoms with Gasteiger partial charge in [-0.2, -0.15) is 0 Å². The van der Waals surface area contributed by atoms with Crippen molar-refractivity contribution in [1.82, 2.24) is 4.90 Å². The first-order valence-corrected chi connectivity index (χ1v) is 7.17. The molecule has 1 unspecified atom stereocenters. The van der Waals surface area contributed by atoms with E-state index in [2.05, 4.69) is 0 Å². The Balaban J connectivity index is 2.19. The minimum atomic E-state index is -0.839. The molecule has 0 bridgehead atoms. The van der Waals surface area contributed by atoms with Crippen LogP contribution in [0.5, 0.6) is 0 Å². The first kappa shape index (κ1) is 15.5. The maximum absolute atomic E-state index is 12.7. The maximum Gasteiger partial charge on any atom is 0.308 e. The Labute approximate surface area is 124 Å². The number of carbonyl (C=O) groups is 2. The van der Waals surface area contributed by atoms with Crippen LogP contribution in [0, 0.1) is 5.92 Å². The molecule has 1 aromatic rings. The van der Waals surface area contributed by atoms with E-state index in [0.29, 0.717) is 19.4 Å². The number of carboxylic acids is 1. The van der Waals surface area contributed by atoms with Crippen molar-refractivity contribution in [3.63, 3.8) is 0 Å². The molecule has 114 valence electrons. The summed E-state index contributed by atoms with van der Waals surface area (Å²) in [5.74, 6) is -1.51.